The molecule has 2 aliphatic heterocycles. The van der Waals surface area contributed by atoms with E-state index in [1.54, 1.807) is 6.92 Å². The predicted octanol–water partition coefficient (Wildman–Crippen LogP) is 2.66. The van der Waals surface area contributed by atoms with Gasteiger partial charge in [0.1, 0.15) is 0 Å². The van der Waals surface area contributed by atoms with Crippen molar-refractivity contribution in [2.45, 2.75) is 73.1 Å². The zero-order valence-electron chi connectivity index (χ0n) is 27.5. The summed E-state index contributed by atoms with van der Waals surface area (Å²) >= 11 is 0. The Hall–Kier alpha value is -4.77. The Balaban J connectivity index is 1.91. The second kappa shape index (κ2) is 14.6. The van der Waals surface area contributed by atoms with Crippen molar-refractivity contribution < 1.29 is 33.8 Å². The van der Waals surface area contributed by atoms with Crippen LogP contribution in [-0.4, -0.2) is 65.4 Å². The molecule has 0 aromatic carbocycles. The fourth-order valence-electron chi connectivity index (χ4n) is 5.94. The minimum absolute atomic E-state index is 0.0956. The first-order valence-corrected chi connectivity index (χ1v) is 15.4. The number of aliphatic imine (C=N–C) groups is 1. The quantitative estimate of drug-likeness (QED) is 0.262. The van der Waals surface area contributed by atoms with Gasteiger partial charge in [-0.05, 0) is 105 Å². The number of amides is 2. The molecule has 2 amide bonds. The van der Waals surface area contributed by atoms with Gasteiger partial charge in [-0.1, -0.05) is 6.92 Å². The summed E-state index contributed by atoms with van der Waals surface area (Å²) in [5.41, 5.74) is 9.13. The van der Waals surface area contributed by atoms with E-state index < -0.39 is 0 Å². The van der Waals surface area contributed by atoms with Gasteiger partial charge in [-0.25, -0.2) is 4.99 Å². The highest BCUT2D eigenvalue weighted by Gasteiger charge is 2.25. The second-order valence-electron chi connectivity index (χ2n) is 11.4. The summed E-state index contributed by atoms with van der Waals surface area (Å²) in [5, 5.41) is 14.0. The van der Waals surface area contributed by atoms with Crippen molar-refractivity contribution in [3.05, 3.63) is 72.3 Å². The monoisotopic (exact) mass is 630 g/mol. The molecule has 0 radical (unpaired) electrons. The van der Waals surface area contributed by atoms with Crippen molar-refractivity contribution in [1.82, 2.24) is 15.3 Å². The number of aromatic nitrogens is 2. The number of H-pyrrole nitrogens is 2. The number of carbonyl (C=O) groups excluding carboxylic acids is 4. The van der Waals surface area contributed by atoms with Crippen LogP contribution in [0.15, 0.2) is 33.0 Å². The average Bonchev–Trinajstić information content (AvgIpc) is 3.68. The fourth-order valence-corrected chi connectivity index (χ4v) is 5.94. The Bertz CT molecular complexity index is 1850. The van der Waals surface area contributed by atoms with Crippen LogP contribution in [0.3, 0.4) is 0 Å². The number of aromatic amines is 2. The average molecular weight is 631 g/mol. The number of hydrogen-bond acceptors (Lipinski definition) is 7. The van der Waals surface area contributed by atoms with Gasteiger partial charge in [-0.15, -0.1) is 0 Å². The standard InChI is InChI=1S/C35H42N4O7/c1-8-22-18(2)28(38-35(22)44)15-26-19(3)23(9-11-32(41)45-6)29(36-26)17-30-24(10-12-33(42)46-7)20(4)27(37-30)16-31-25(13-14-40)21(5)34(43)39-31/h15-17,36-37,40H,8-14H2,1-7H3,(H,39,43). The van der Waals surface area contributed by atoms with Crippen molar-refractivity contribution in [2.24, 2.45) is 4.99 Å². The Labute approximate surface area is 267 Å². The number of nitrogens with one attached hydrogen (secondary N) is 3. The number of carbonyl (C=O) groups is 4. The first kappa shape index (κ1) is 34.1. The van der Waals surface area contributed by atoms with Crippen molar-refractivity contribution in [1.29, 1.82) is 0 Å². The van der Waals surface area contributed by atoms with Crippen LogP contribution in [0.4, 0.5) is 0 Å². The molecule has 0 fully saturated rings. The Kier molecular flexibility index (Phi) is 10.8. The molecule has 4 rings (SSSR count). The van der Waals surface area contributed by atoms with Gasteiger partial charge in [0.05, 0.1) is 19.9 Å². The molecular formula is C35H42N4O7. The van der Waals surface area contributed by atoms with E-state index >= 15 is 0 Å². The number of rotatable bonds is 12. The number of aliphatic hydroxyl groups excluding tert-OH is 1. The molecule has 0 saturated heterocycles. The normalized spacial score (nSPS) is 16.7. The molecule has 0 atom stereocenters. The molecule has 4 heterocycles. The topological polar surface area (TPSA) is 163 Å². The third-order valence-electron chi connectivity index (χ3n) is 8.77. The minimum Gasteiger partial charge on any atom is -0.469 e. The molecule has 0 unspecified atom stereocenters. The van der Waals surface area contributed by atoms with Gasteiger partial charge in [0.15, 0.2) is 0 Å². The second-order valence-corrected chi connectivity index (χ2v) is 11.4. The van der Waals surface area contributed by atoms with Gasteiger partial charge in [-0.2, -0.15) is 0 Å². The van der Waals surface area contributed by atoms with Gasteiger partial charge in [0.2, 0.25) is 0 Å². The minimum atomic E-state index is -0.341. The summed E-state index contributed by atoms with van der Waals surface area (Å²) in [5.74, 6) is -1.11. The van der Waals surface area contributed by atoms with Crippen molar-refractivity contribution in [2.75, 3.05) is 20.8 Å². The highest BCUT2D eigenvalue weighted by molar-refractivity contribution is 6.30. The molecular weight excluding hydrogens is 588 g/mol. The largest absolute Gasteiger partial charge is 0.469 e. The number of hydrogen-bond donors (Lipinski definition) is 4. The van der Waals surface area contributed by atoms with E-state index in [4.69, 9.17) is 9.47 Å². The molecule has 11 nitrogen and oxygen atoms in total. The van der Waals surface area contributed by atoms with Crippen LogP contribution in [0.5, 0.6) is 0 Å². The van der Waals surface area contributed by atoms with Crippen LogP contribution in [-0.2, 0) is 41.5 Å². The van der Waals surface area contributed by atoms with E-state index in [1.165, 1.54) is 14.2 Å². The van der Waals surface area contributed by atoms with Crippen LogP contribution in [0.1, 0.15) is 80.1 Å². The van der Waals surface area contributed by atoms with Gasteiger partial charge in [0, 0.05) is 58.4 Å². The number of aliphatic hydroxyl groups is 1. The van der Waals surface area contributed by atoms with Crippen molar-refractivity contribution >= 4 is 47.7 Å². The Morgan fingerprint density at radius 3 is 2.02 bits per heavy atom. The van der Waals surface area contributed by atoms with Crippen LogP contribution in [0.25, 0.3) is 18.2 Å². The lowest BCUT2D eigenvalue weighted by molar-refractivity contribution is -0.141. The molecule has 0 aliphatic carbocycles. The molecule has 11 heteroatoms. The summed E-state index contributed by atoms with van der Waals surface area (Å²) in [6, 6.07) is 0. The molecule has 46 heavy (non-hydrogen) atoms. The highest BCUT2D eigenvalue weighted by atomic mass is 16.5. The lowest BCUT2D eigenvalue weighted by atomic mass is 10.0. The third-order valence-corrected chi connectivity index (χ3v) is 8.77. The van der Waals surface area contributed by atoms with E-state index in [0.717, 1.165) is 55.5 Å². The zero-order chi connectivity index (χ0) is 33.7. The van der Waals surface area contributed by atoms with Gasteiger partial charge in [-0.3, -0.25) is 19.2 Å². The van der Waals surface area contributed by atoms with E-state index in [1.807, 2.05) is 45.9 Å². The smallest absolute Gasteiger partial charge is 0.305 e. The summed E-state index contributed by atoms with van der Waals surface area (Å²) in [6.45, 7) is 9.36. The lowest BCUT2D eigenvalue weighted by Gasteiger charge is -2.05. The van der Waals surface area contributed by atoms with Crippen LogP contribution in [0, 0.1) is 13.8 Å². The van der Waals surface area contributed by atoms with Crippen LogP contribution in [0.2, 0.25) is 0 Å². The summed E-state index contributed by atoms with van der Waals surface area (Å²) in [7, 11) is 2.71. The Morgan fingerprint density at radius 1 is 0.783 bits per heavy atom. The predicted molar refractivity (Wildman–Crippen MR) is 175 cm³/mol. The molecule has 2 aromatic heterocycles. The fraction of sp³-hybridized carbons (Fsp3) is 0.400. The maximum atomic E-state index is 12.4. The van der Waals surface area contributed by atoms with Crippen molar-refractivity contribution in [3.63, 3.8) is 0 Å². The van der Waals surface area contributed by atoms with Crippen LogP contribution >= 0.6 is 0 Å². The number of allylic oxidation sites excluding steroid dienone is 2. The van der Waals surface area contributed by atoms with Gasteiger partial charge in [0.25, 0.3) is 11.8 Å². The Morgan fingerprint density at radius 2 is 1.43 bits per heavy atom. The number of esters is 2. The van der Waals surface area contributed by atoms with Crippen molar-refractivity contribution in [3.8, 4) is 0 Å². The summed E-state index contributed by atoms with van der Waals surface area (Å²) in [6.07, 6.45) is 7.72. The van der Waals surface area contributed by atoms with Gasteiger partial charge < -0.3 is 29.9 Å². The summed E-state index contributed by atoms with van der Waals surface area (Å²) in [4.78, 5) is 60.4. The van der Waals surface area contributed by atoms with Crippen LogP contribution < -0.4 is 16.0 Å². The molecule has 2 aromatic rings. The van der Waals surface area contributed by atoms with E-state index in [9.17, 15) is 24.3 Å². The first-order valence-electron chi connectivity index (χ1n) is 15.4. The molecule has 0 spiro atoms. The molecule has 2 aliphatic rings. The highest BCUT2D eigenvalue weighted by Crippen LogP contribution is 2.28. The SMILES string of the molecule is CCC1=C(C)C(C=c2[nH]c(=Cc3[nH]c(C=C4NC(=O)C(C)=C4CCO)c(C)c3CCC(=O)OC)c(CCC(=O)OC)c2C)=NC1=O. The molecule has 0 bridgehead atoms. The zero-order valence-corrected chi connectivity index (χ0v) is 27.5. The van der Waals surface area contributed by atoms with Gasteiger partial charge >= 0.3 is 11.9 Å². The molecule has 4 N–H and O–H groups in total. The number of ether oxygens (including phenoxy) is 2. The first-order chi connectivity index (χ1) is 21.9. The van der Waals surface area contributed by atoms with E-state index in [0.29, 0.717) is 48.2 Å². The van der Waals surface area contributed by atoms with E-state index in [-0.39, 0.29) is 43.2 Å². The summed E-state index contributed by atoms with van der Waals surface area (Å²) < 4.78 is 9.81. The number of nitrogens with zero attached hydrogens (tertiary/aromatic N) is 1. The maximum absolute atomic E-state index is 12.4. The maximum Gasteiger partial charge on any atom is 0.305 e. The lowest BCUT2D eigenvalue weighted by Crippen LogP contribution is -2.15. The molecule has 244 valence electrons. The number of methoxy groups -OCH3 is 2. The van der Waals surface area contributed by atoms with E-state index in [2.05, 4.69) is 20.3 Å². The third kappa shape index (κ3) is 7.04. The molecule has 0 saturated carbocycles.